The number of nitrogens with zero attached hydrogens (tertiary/aromatic N) is 5. The van der Waals surface area contributed by atoms with E-state index in [1.807, 2.05) is 31.3 Å². The van der Waals surface area contributed by atoms with Crippen molar-refractivity contribution in [1.82, 2.24) is 19.9 Å². The van der Waals surface area contributed by atoms with Crippen molar-refractivity contribution in [3.63, 3.8) is 0 Å². The smallest absolute Gasteiger partial charge is 0.227 e. The molecule has 0 amide bonds. The number of rotatable bonds is 5. The molecule has 1 aliphatic carbocycles. The largest absolute Gasteiger partial charge is 0.437 e. The van der Waals surface area contributed by atoms with Crippen molar-refractivity contribution in [2.24, 2.45) is 17.8 Å². The summed E-state index contributed by atoms with van der Waals surface area (Å²) < 4.78 is 38.7. The fourth-order valence-corrected chi connectivity index (χ4v) is 10.8. The van der Waals surface area contributed by atoms with E-state index >= 15 is 0 Å². The van der Waals surface area contributed by atoms with Crippen LogP contribution in [0.15, 0.2) is 149 Å². The minimum absolute atomic E-state index is 0.0262. The molecule has 3 unspecified atom stereocenters. The van der Waals surface area contributed by atoms with Gasteiger partial charge in [-0.1, -0.05) is 42.5 Å². The Bertz CT molecular complexity index is 3470. The minimum Gasteiger partial charge on any atom is -0.437 e. The lowest BCUT2D eigenvalue weighted by atomic mass is 9.70. The van der Waals surface area contributed by atoms with E-state index < -0.39 is 6.85 Å². The molecule has 3 aromatic carbocycles. The Kier molecular flexibility index (Phi) is 8.85. The summed E-state index contributed by atoms with van der Waals surface area (Å²) in [6.45, 7) is -0.302. The SMILES string of the molecule is [2H]C([2H])([2H])c1ccc2c(n1)oc1c(-c3ccc(CCC4CC5CCc6ccc(nc6)-c6c(ccc7c6oc6nc(C)ccc67)-[n+]6cc(ccc6-c6ccccc6)CCC(C4)C5)cn3)cccc12. The Labute approximate surface area is 377 Å². The van der Waals surface area contributed by atoms with Gasteiger partial charge in [0.05, 0.1) is 11.4 Å². The predicted molar refractivity (Wildman–Crippen MR) is 255 cm³/mol. The van der Waals surface area contributed by atoms with Crippen LogP contribution in [0.2, 0.25) is 0 Å². The molecule has 2 aliphatic heterocycles. The van der Waals surface area contributed by atoms with Crippen molar-refractivity contribution in [3.05, 3.63) is 168 Å². The fourth-order valence-electron chi connectivity index (χ4n) is 10.8. The van der Waals surface area contributed by atoms with E-state index in [-0.39, 0.29) is 5.69 Å². The quantitative estimate of drug-likeness (QED) is 0.161. The molecular formula is C57H50N5O2+. The summed E-state index contributed by atoms with van der Waals surface area (Å²) in [5.41, 5.74) is 14.1. The van der Waals surface area contributed by atoms with Crippen molar-refractivity contribution < 1.29 is 17.5 Å². The van der Waals surface area contributed by atoms with Crippen LogP contribution in [0.4, 0.5) is 0 Å². The summed E-state index contributed by atoms with van der Waals surface area (Å²) in [6, 6.07) is 42.0. The molecular weight excluding hydrogens is 787 g/mol. The average Bonchev–Trinajstić information content (AvgIpc) is 3.92. The molecule has 9 heterocycles. The van der Waals surface area contributed by atoms with Gasteiger partial charge in [0.2, 0.25) is 22.8 Å². The molecule has 0 N–H and O–H groups in total. The maximum Gasteiger partial charge on any atom is 0.227 e. The van der Waals surface area contributed by atoms with Crippen LogP contribution >= 0.6 is 0 Å². The predicted octanol–water partition coefficient (Wildman–Crippen LogP) is 13.5. The second-order valence-corrected chi connectivity index (χ2v) is 18.3. The summed E-state index contributed by atoms with van der Waals surface area (Å²) in [7, 11) is 0. The third-order valence-electron chi connectivity index (χ3n) is 14.0. The van der Waals surface area contributed by atoms with E-state index in [2.05, 4.69) is 113 Å². The van der Waals surface area contributed by atoms with Crippen LogP contribution in [0, 0.1) is 31.5 Å². The molecule has 0 saturated heterocycles. The van der Waals surface area contributed by atoms with Crippen molar-refractivity contribution in [2.75, 3.05) is 0 Å². The van der Waals surface area contributed by atoms with E-state index in [4.69, 9.17) is 27.9 Å². The van der Waals surface area contributed by atoms with Crippen LogP contribution < -0.4 is 4.57 Å². The van der Waals surface area contributed by atoms with Gasteiger partial charge in [0.15, 0.2) is 11.8 Å². The second kappa shape index (κ2) is 16.0. The maximum atomic E-state index is 7.81. The number of aryl methyl sites for hydroxylation is 5. The molecule has 3 atom stereocenters. The van der Waals surface area contributed by atoms with Gasteiger partial charge in [-0.25, -0.2) is 9.97 Å². The van der Waals surface area contributed by atoms with Gasteiger partial charge in [0.1, 0.15) is 11.1 Å². The first-order valence-electron chi connectivity index (χ1n) is 24.3. The van der Waals surface area contributed by atoms with Crippen molar-refractivity contribution in [3.8, 4) is 39.5 Å². The summed E-state index contributed by atoms with van der Waals surface area (Å²) in [5, 5.41) is 3.74. The molecule has 7 nitrogen and oxygen atoms in total. The van der Waals surface area contributed by atoms with Crippen LogP contribution in [0.25, 0.3) is 83.6 Å². The number of hydrogen-bond donors (Lipinski definition) is 0. The molecule has 1 saturated carbocycles. The molecule has 64 heavy (non-hydrogen) atoms. The second-order valence-electron chi connectivity index (χ2n) is 18.3. The summed E-state index contributed by atoms with van der Waals surface area (Å²) >= 11 is 0. The highest BCUT2D eigenvalue weighted by molar-refractivity contribution is 6.10. The molecule has 1 fully saturated rings. The van der Waals surface area contributed by atoms with Gasteiger partial charge in [-0.2, -0.15) is 4.57 Å². The zero-order valence-corrected chi connectivity index (χ0v) is 35.9. The van der Waals surface area contributed by atoms with Gasteiger partial charge < -0.3 is 8.83 Å². The Hall–Kier alpha value is -6.99. The number of fused-ring (bicyclic) bond motifs is 10. The van der Waals surface area contributed by atoms with Crippen LogP contribution in [0.3, 0.4) is 0 Å². The molecule has 0 spiro atoms. The Morgan fingerprint density at radius 1 is 0.625 bits per heavy atom. The standard InChI is InChI=1S/C57H50N5O2/c1-35-11-22-46-44-9-6-10-48(54(44)63-56(46)60-35)49-25-19-37(32-58-49)13-16-40-29-41-17-14-38-20-26-50(59-33-38)53-52(28-24-45-47-23-12-36(2)61-57(47)64-55(45)53)62-34-39(15-18-42(30-40)31-41)21-27-51(62)43-7-4-3-5-8-43/h3-12,19-28,32-34,40-42H,13-18,29-31H2,1-2H3/q+1/i1D3. The third kappa shape index (κ3) is 7.13. The number of aromatic nitrogens is 5. The Morgan fingerprint density at radius 2 is 1.34 bits per heavy atom. The molecule has 7 aromatic heterocycles. The molecule has 10 aromatic rings. The lowest BCUT2D eigenvalue weighted by molar-refractivity contribution is -0.583. The highest BCUT2D eigenvalue weighted by atomic mass is 16.3. The summed E-state index contributed by atoms with van der Waals surface area (Å²) in [5.74, 6) is 1.94. The van der Waals surface area contributed by atoms with Crippen molar-refractivity contribution >= 4 is 44.1 Å². The first kappa shape index (κ1) is 35.5. The van der Waals surface area contributed by atoms with Crippen molar-refractivity contribution in [1.29, 1.82) is 0 Å². The zero-order valence-electron chi connectivity index (χ0n) is 38.9. The number of hydrogen-bond acceptors (Lipinski definition) is 6. The fraction of sp³-hybridized carbons (Fsp3) is 0.246. The van der Waals surface area contributed by atoms with Gasteiger partial charge in [0, 0.05) is 78.3 Å². The average molecular weight is 840 g/mol. The first-order chi connectivity index (χ1) is 32.7. The topological polar surface area (TPSA) is 81.7 Å². The van der Waals surface area contributed by atoms with E-state index in [9.17, 15) is 0 Å². The monoisotopic (exact) mass is 839 g/mol. The van der Waals surface area contributed by atoms with E-state index in [1.54, 1.807) is 12.1 Å². The normalized spacial score (nSPS) is 18.6. The lowest BCUT2D eigenvalue weighted by Gasteiger charge is -2.35. The number of furan rings is 2. The number of benzene rings is 3. The lowest BCUT2D eigenvalue weighted by Crippen LogP contribution is -2.34. The zero-order chi connectivity index (χ0) is 45.2. The molecule has 0 radical (unpaired) electrons. The summed E-state index contributed by atoms with van der Waals surface area (Å²) in [4.78, 5) is 19.3. The molecule has 314 valence electrons. The van der Waals surface area contributed by atoms with Crippen molar-refractivity contribution in [2.45, 2.75) is 71.6 Å². The molecule has 3 aliphatic rings. The van der Waals surface area contributed by atoms with E-state index in [0.717, 1.165) is 111 Å². The van der Waals surface area contributed by atoms with E-state index in [0.29, 0.717) is 34.8 Å². The Balaban J connectivity index is 0.829. The van der Waals surface area contributed by atoms with Gasteiger partial charge in [-0.3, -0.25) is 9.97 Å². The highest BCUT2D eigenvalue weighted by Gasteiger charge is 2.31. The molecule has 7 heteroatoms. The van der Waals surface area contributed by atoms with Gasteiger partial charge in [-0.05, 0) is 167 Å². The van der Waals surface area contributed by atoms with Crippen LogP contribution in [-0.2, 0) is 19.3 Å². The number of pyridine rings is 5. The molecule has 6 bridgehead atoms. The highest BCUT2D eigenvalue weighted by Crippen LogP contribution is 2.42. The molecule has 13 rings (SSSR count). The van der Waals surface area contributed by atoms with Crippen LogP contribution in [-0.4, -0.2) is 19.9 Å². The minimum atomic E-state index is -2.30. The van der Waals surface area contributed by atoms with Crippen LogP contribution in [0.5, 0.6) is 0 Å². The van der Waals surface area contributed by atoms with Crippen LogP contribution in [0.1, 0.15) is 70.7 Å². The maximum absolute atomic E-state index is 7.81. The summed E-state index contributed by atoms with van der Waals surface area (Å²) in [6.07, 6.45) is 16.7. The van der Waals surface area contributed by atoms with E-state index in [1.165, 1.54) is 36.0 Å². The third-order valence-corrected chi connectivity index (χ3v) is 14.0. The van der Waals surface area contributed by atoms with Gasteiger partial charge in [0.25, 0.3) is 0 Å². The van der Waals surface area contributed by atoms with Gasteiger partial charge >= 0.3 is 0 Å². The Morgan fingerprint density at radius 3 is 2.12 bits per heavy atom. The number of para-hydroxylation sites is 1. The first-order valence-corrected chi connectivity index (χ1v) is 22.8. The van der Waals surface area contributed by atoms with Gasteiger partial charge in [-0.15, -0.1) is 0 Å².